The highest BCUT2D eigenvalue weighted by molar-refractivity contribution is 6.47. The zero-order chi connectivity index (χ0) is 13.7. The van der Waals surface area contributed by atoms with Crippen LogP contribution in [0.5, 0.6) is 0 Å². The molecule has 2 unspecified atom stereocenters. The van der Waals surface area contributed by atoms with Crippen LogP contribution in [0.3, 0.4) is 0 Å². The number of nitrogens with zero attached hydrogens (tertiary/aromatic N) is 1. The number of carbonyl (C=O) groups is 2. The summed E-state index contributed by atoms with van der Waals surface area (Å²) in [5.41, 5.74) is 1.40. The molecule has 20 heavy (non-hydrogen) atoms. The van der Waals surface area contributed by atoms with Crippen molar-refractivity contribution in [3.05, 3.63) is 66.2 Å². The summed E-state index contributed by atoms with van der Waals surface area (Å²) >= 11 is 0. The minimum atomic E-state index is -0.448. The molecule has 1 amide bonds. The lowest BCUT2D eigenvalue weighted by Gasteiger charge is -2.28. The SMILES string of the molecule is O=C1C(=O)N(c2ccccc2)C2(c3ccccc3)CC12. The predicted molar refractivity (Wildman–Crippen MR) is 75.2 cm³/mol. The molecular weight excluding hydrogens is 250 g/mol. The Hall–Kier alpha value is -2.42. The fourth-order valence-corrected chi connectivity index (χ4v) is 3.35. The van der Waals surface area contributed by atoms with Crippen molar-refractivity contribution < 1.29 is 9.59 Å². The van der Waals surface area contributed by atoms with Crippen LogP contribution in [0.25, 0.3) is 0 Å². The first-order chi connectivity index (χ1) is 9.75. The molecule has 4 rings (SSSR count). The first-order valence-corrected chi connectivity index (χ1v) is 6.74. The Morgan fingerprint density at radius 3 is 2.15 bits per heavy atom. The number of hydrogen-bond acceptors (Lipinski definition) is 2. The van der Waals surface area contributed by atoms with Gasteiger partial charge in [0.2, 0.25) is 5.78 Å². The minimum absolute atomic E-state index is 0.183. The monoisotopic (exact) mass is 263 g/mol. The summed E-state index contributed by atoms with van der Waals surface area (Å²) in [6.45, 7) is 0. The summed E-state index contributed by atoms with van der Waals surface area (Å²) in [5.74, 6) is -0.813. The Kier molecular flexibility index (Phi) is 2.16. The molecule has 0 N–H and O–H groups in total. The number of anilines is 1. The van der Waals surface area contributed by atoms with Gasteiger partial charge in [0.15, 0.2) is 0 Å². The van der Waals surface area contributed by atoms with E-state index in [-0.39, 0.29) is 17.6 Å². The van der Waals surface area contributed by atoms with Crippen molar-refractivity contribution in [3.63, 3.8) is 0 Å². The molecule has 2 atom stereocenters. The van der Waals surface area contributed by atoms with Crippen LogP contribution >= 0.6 is 0 Å². The molecule has 98 valence electrons. The number of Topliss-reactive ketones (excluding diaryl/α,β-unsaturated/α-hetero) is 1. The molecule has 2 aromatic rings. The van der Waals surface area contributed by atoms with E-state index in [2.05, 4.69) is 0 Å². The van der Waals surface area contributed by atoms with E-state index in [4.69, 9.17) is 0 Å². The van der Waals surface area contributed by atoms with Crippen LogP contribution in [0.4, 0.5) is 5.69 Å². The highest BCUT2D eigenvalue weighted by atomic mass is 16.2. The predicted octanol–water partition coefficient (Wildman–Crippen LogP) is 2.52. The van der Waals surface area contributed by atoms with Crippen molar-refractivity contribution >= 4 is 17.4 Å². The van der Waals surface area contributed by atoms with Crippen molar-refractivity contribution in [1.29, 1.82) is 0 Å². The highest BCUT2D eigenvalue weighted by Gasteiger charge is 2.71. The fourth-order valence-electron chi connectivity index (χ4n) is 3.35. The maximum Gasteiger partial charge on any atom is 0.295 e. The first-order valence-electron chi connectivity index (χ1n) is 6.74. The standard InChI is InChI=1S/C17H13NO2/c19-15-14-11-17(14,12-7-3-1-4-8-12)18(16(15)20)13-9-5-2-6-10-13/h1-10,14H,11H2. The lowest BCUT2D eigenvalue weighted by Crippen LogP contribution is -2.38. The van der Waals surface area contributed by atoms with Gasteiger partial charge in [0.1, 0.15) is 0 Å². The molecule has 1 saturated heterocycles. The quantitative estimate of drug-likeness (QED) is 0.781. The molecular formula is C17H13NO2. The number of hydrogen-bond donors (Lipinski definition) is 0. The van der Waals surface area contributed by atoms with Crippen LogP contribution in [-0.4, -0.2) is 11.7 Å². The van der Waals surface area contributed by atoms with E-state index in [0.717, 1.165) is 17.7 Å². The topological polar surface area (TPSA) is 37.4 Å². The minimum Gasteiger partial charge on any atom is -0.295 e. The lowest BCUT2D eigenvalue weighted by molar-refractivity contribution is -0.135. The van der Waals surface area contributed by atoms with Crippen molar-refractivity contribution in [1.82, 2.24) is 0 Å². The molecule has 2 fully saturated rings. The molecule has 2 aliphatic rings. The van der Waals surface area contributed by atoms with Crippen molar-refractivity contribution in [2.45, 2.75) is 12.0 Å². The van der Waals surface area contributed by atoms with Crippen molar-refractivity contribution in [2.24, 2.45) is 5.92 Å². The number of fused-ring (bicyclic) bond motifs is 1. The second kappa shape index (κ2) is 3.79. The van der Waals surface area contributed by atoms with E-state index in [1.807, 2.05) is 60.7 Å². The second-order valence-corrected chi connectivity index (χ2v) is 5.39. The average Bonchev–Trinajstić information content (AvgIpc) is 3.20. The largest absolute Gasteiger partial charge is 0.295 e. The van der Waals surface area contributed by atoms with E-state index >= 15 is 0 Å². The molecule has 0 bridgehead atoms. The second-order valence-electron chi connectivity index (χ2n) is 5.39. The van der Waals surface area contributed by atoms with Gasteiger partial charge in [0.05, 0.1) is 11.5 Å². The molecule has 1 saturated carbocycles. The molecule has 0 radical (unpaired) electrons. The van der Waals surface area contributed by atoms with Crippen LogP contribution < -0.4 is 4.90 Å². The molecule has 1 aliphatic heterocycles. The zero-order valence-electron chi connectivity index (χ0n) is 10.8. The number of ketones is 1. The summed E-state index contributed by atoms with van der Waals surface area (Å²) in [4.78, 5) is 26.1. The van der Waals surface area contributed by atoms with Crippen LogP contribution in [0.2, 0.25) is 0 Å². The number of amides is 1. The number of carbonyl (C=O) groups excluding carboxylic acids is 2. The van der Waals surface area contributed by atoms with Gasteiger partial charge in [-0.2, -0.15) is 0 Å². The zero-order valence-corrected chi connectivity index (χ0v) is 10.8. The molecule has 2 aromatic carbocycles. The van der Waals surface area contributed by atoms with Gasteiger partial charge in [-0.15, -0.1) is 0 Å². The van der Waals surface area contributed by atoms with Gasteiger partial charge < -0.3 is 0 Å². The molecule has 3 nitrogen and oxygen atoms in total. The number of piperidine rings is 1. The van der Waals surface area contributed by atoms with E-state index in [1.165, 1.54) is 0 Å². The number of para-hydroxylation sites is 1. The summed E-state index contributed by atoms with van der Waals surface area (Å²) < 4.78 is 0. The summed E-state index contributed by atoms with van der Waals surface area (Å²) in [7, 11) is 0. The van der Waals surface area contributed by atoms with Crippen LogP contribution in [0.15, 0.2) is 60.7 Å². The van der Waals surface area contributed by atoms with Gasteiger partial charge in [-0.3, -0.25) is 14.5 Å². The third kappa shape index (κ3) is 1.29. The van der Waals surface area contributed by atoms with Gasteiger partial charge in [0, 0.05) is 5.69 Å². The summed E-state index contributed by atoms with van der Waals surface area (Å²) in [6.07, 6.45) is 0.733. The Morgan fingerprint density at radius 1 is 0.900 bits per heavy atom. The van der Waals surface area contributed by atoms with Gasteiger partial charge in [0.25, 0.3) is 5.91 Å². The number of benzene rings is 2. The molecule has 1 heterocycles. The van der Waals surface area contributed by atoms with Gasteiger partial charge >= 0.3 is 0 Å². The Balaban J connectivity index is 1.88. The van der Waals surface area contributed by atoms with Crippen LogP contribution in [0.1, 0.15) is 12.0 Å². The first kappa shape index (κ1) is 11.4. The van der Waals surface area contributed by atoms with Crippen LogP contribution in [-0.2, 0) is 15.1 Å². The molecule has 0 aromatic heterocycles. The Morgan fingerprint density at radius 2 is 1.50 bits per heavy atom. The van der Waals surface area contributed by atoms with E-state index in [9.17, 15) is 9.59 Å². The Labute approximate surface area is 116 Å². The highest BCUT2D eigenvalue weighted by Crippen LogP contribution is 2.62. The summed E-state index contributed by atoms with van der Waals surface area (Å²) in [6, 6.07) is 19.3. The average molecular weight is 263 g/mol. The third-order valence-corrected chi connectivity index (χ3v) is 4.35. The van der Waals surface area contributed by atoms with Gasteiger partial charge in [-0.1, -0.05) is 48.5 Å². The van der Waals surface area contributed by atoms with Gasteiger partial charge in [-0.25, -0.2) is 0 Å². The van der Waals surface area contributed by atoms with E-state index in [1.54, 1.807) is 4.90 Å². The fraction of sp³-hybridized carbons (Fsp3) is 0.176. The number of rotatable bonds is 2. The van der Waals surface area contributed by atoms with Crippen LogP contribution in [0, 0.1) is 5.92 Å². The molecule has 3 heteroatoms. The van der Waals surface area contributed by atoms with E-state index in [0.29, 0.717) is 0 Å². The summed E-state index contributed by atoms with van der Waals surface area (Å²) in [5, 5.41) is 0. The van der Waals surface area contributed by atoms with E-state index < -0.39 is 5.54 Å². The Bertz CT molecular complexity index is 695. The molecule has 1 aliphatic carbocycles. The van der Waals surface area contributed by atoms with Gasteiger partial charge in [-0.05, 0) is 24.1 Å². The lowest BCUT2D eigenvalue weighted by atomic mass is 10.0. The van der Waals surface area contributed by atoms with Crippen molar-refractivity contribution in [2.75, 3.05) is 4.90 Å². The smallest absolute Gasteiger partial charge is 0.295 e. The maximum absolute atomic E-state index is 12.3. The molecule has 0 spiro atoms. The third-order valence-electron chi connectivity index (χ3n) is 4.35. The van der Waals surface area contributed by atoms with Crippen molar-refractivity contribution in [3.8, 4) is 0 Å². The maximum atomic E-state index is 12.3. The normalized spacial score (nSPS) is 27.6.